The predicted octanol–water partition coefficient (Wildman–Crippen LogP) is 1.11. The second-order valence-electron chi connectivity index (χ2n) is 4.85. The largest absolute Gasteiger partial charge is 0.395 e. The van der Waals surface area contributed by atoms with Crippen molar-refractivity contribution in [3.63, 3.8) is 0 Å². The molecule has 1 aliphatic heterocycles. The number of carbonyl (C=O) groups is 2. The number of nitrogens with one attached hydrogen (secondary N) is 1. The molecule has 0 aromatic heterocycles. The van der Waals surface area contributed by atoms with Gasteiger partial charge >= 0.3 is 0 Å². The normalized spacial score (nSPS) is 18.4. The second kappa shape index (κ2) is 6.24. The first-order valence-electron chi connectivity index (χ1n) is 6.48. The van der Waals surface area contributed by atoms with Gasteiger partial charge in [-0.3, -0.25) is 9.59 Å². The molecule has 1 aliphatic rings. The Balaban J connectivity index is 2.13. The third kappa shape index (κ3) is 3.11. The first-order valence-corrected chi connectivity index (χ1v) is 6.86. The van der Waals surface area contributed by atoms with E-state index >= 15 is 0 Å². The van der Waals surface area contributed by atoms with Crippen LogP contribution >= 0.6 is 11.6 Å². The molecule has 0 saturated carbocycles. The van der Waals surface area contributed by atoms with Crippen molar-refractivity contribution in [2.75, 3.05) is 24.6 Å². The number of hydrogen-bond donors (Lipinski definition) is 2. The molecule has 0 aliphatic carbocycles. The fraction of sp³-hybridized carbons (Fsp3) is 0.429. The van der Waals surface area contributed by atoms with E-state index in [0.29, 0.717) is 11.6 Å². The molecule has 1 unspecified atom stereocenters. The van der Waals surface area contributed by atoms with Crippen molar-refractivity contribution in [2.45, 2.75) is 13.3 Å². The van der Waals surface area contributed by atoms with E-state index in [1.54, 1.807) is 17.0 Å². The van der Waals surface area contributed by atoms with Gasteiger partial charge in [0.2, 0.25) is 11.8 Å². The maximum absolute atomic E-state index is 12.1. The maximum atomic E-state index is 12.1. The van der Waals surface area contributed by atoms with Gasteiger partial charge in [-0.2, -0.15) is 0 Å². The molecule has 20 heavy (non-hydrogen) atoms. The summed E-state index contributed by atoms with van der Waals surface area (Å²) in [6.07, 6.45) is 0.184. The number of benzene rings is 1. The molecule has 1 aromatic carbocycles. The van der Waals surface area contributed by atoms with Gasteiger partial charge in [-0.1, -0.05) is 17.7 Å². The van der Waals surface area contributed by atoms with E-state index in [-0.39, 0.29) is 37.3 Å². The van der Waals surface area contributed by atoms with Gasteiger partial charge in [-0.05, 0) is 24.6 Å². The number of anilines is 1. The summed E-state index contributed by atoms with van der Waals surface area (Å²) >= 11 is 5.97. The van der Waals surface area contributed by atoms with Crippen LogP contribution in [-0.4, -0.2) is 36.6 Å². The Kier molecular flexibility index (Phi) is 4.62. The maximum Gasteiger partial charge on any atom is 0.227 e. The zero-order valence-corrected chi connectivity index (χ0v) is 12.0. The van der Waals surface area contributed by atoms with Gasteiger partial charge < -0.3 is 15.3 Å². The predicted molar refractivity (Wildman–Crippen MR) is 76.7 cm³/mol. The van der Waals surface area contributed by atoms with Crippen molar-refractivity contribution in [1.82, 2.24) is 5.32 Å². The van der Waals surface area contributed by atoms with Crippen molar-refractivity contribution in [1.29, 1.82) is 0 Å². The van der Waals surface area contributed by atoms with Gasteiger partial charge in [0.05, 0.1) is 12.5 Å². The Morgan fingerprint density at radius 2 is 2.30 bits per heavy atom. The Morgan fingerprint density at radius 3 is 3.00 bits per heavy atom. The monoisotopic (exact) mass is 296 g/mol. The number of halogens is 1. The number of carbonyl (C=O) groups excluding carboxylic acids is 2. The van der Waals surface area contributed by atoms with Crippen molar-refractivity contribution in [3.05, 3.63) is 28.8 Å². The first-order chi connectivity index (χ1) is 9.52. The van der Waals surface area contributed by atoms with Gasteiger partial charge in [-0.25, -0.2) is 0 Å². The van der Waals surface area contributed by atoms with Gasteiger partial charge in [0.25, 0.3) is 0 Å². The van der Waals surface area contributed by atoms with E-state index in [4.69, 9.17) is 16.7 Å². The Bertz CT molecular complexity index is 533. The lowest BCUT2D eigenvalue weighted by molar-refractivity contribution is -0.126. The highest BCUT2D eigenvalue weighted by Gasteiger charge is 2.35. The summed E-state index contributed by atoms with van der Waals surface area (Å²) in [4.78, 5) is 25.5. The molecule has 1 saturated heterocycles. The molecule has 2 amide bonds. The highest BCUT2D eigenvalue weighted by atomic mass is 35.5. The summed E-state index contributed by atoms with van der Waals surface area (Å²) in [5, 5.41) is 11.9. The van der Waals surface area contributed by atoms with E-state index in [9.17, 15) is 9.59 Å². The zero-order valence-electron chi connectivity index (χ0n) is 11.2. The van der Waals surface area contributed by atoms with Crippen LogP contribution in [0.1, 0.15) is 12.0 Å². The zero-order chi connectivity index (χ0) is 14.7. The molecule has 6 heteroatoms. The van der Waals surface area contributed by atoms with Crippen LogP contribution in [0, 0.1) is 12.8 Å². The lowest BCUT2D eigenvalue weighted by Crippen LogP contribution is -2.34. The third-order valence-electron chi connectivity index (χ3n) is 3.37. The number of aliphatic hydroxyl groups excluding tert-OH is 1. The van der Waals surface area contributed by atoms with Gasteiger partial charge in [0.15, 0.2) is 0 Å². The summed E-state index contributed by atoms with van der Waals surface area (Å²) in [5.41, 5.74) is 1.69. The Morgan fingerprint density at radius 1 is 1.55 bits per heavy atom. The SMILES string of the molecule is Cc1ccc(Cl)cc1N1CC(C(=O)NCCO)CC1=O. The Hall–Kier alpha value is -1.59. The molecule has 0 bridgehead atoms. The van der Waals surface area contributed by atoms with Crippen LogP contribution < -0.4 is 10.2 Å². The molecule has 0 radical (unpaired) electrons. The van der Waals surface area contributed by atoms with Crippen LogP contribution in [0.2, 0.25) is 5.02 Å². The van der Waals surface area contributed by atoms with Gasteiger partial charge in [-0.15, -0.1) is 0 Å². The van der Waals surface area contributed by atoms with Crippen molar-refractivity contribution >= 4 is 29.1 Å². The lowest BCUT2D eigenvalue weighted by atomic mass is 10.1. The molecule has 5 nitrogen and oxygen atoms in total. The number of rotatable bonds is 4. The highest BCUT2D eigenvalue weighted by Crippen LogP contribution is 2.30. The van der Waals surface area contributed by atoms with E-state index in [2.05, 4.69) is 5.32 Å². The van der Waals surface area contributed by atoms with Crippen molar-refractivity contribution in [3.8, 4) is 0 Å². The average molecular weight is 297 g/mol. The van der Waals surface area contributed by atoms with E-state index in [1.807, 2.05) is 13.0 Å². The summed E-state index contributed by atoms with van der Waals surface area (Å²) < 4.78 is 0. The van der Waals surface area contributed by atoms with Gasteiger partial charge in [0.1, 0.15) is 0 Å². The van der Waals surface area contributed by atoms with Crippen LogP contribution in [-0.2, 0) is 9.59 Å². The number of hydrogen-bond acceptors (Lipinski definition) is 3. The van der Waals surface area contributed by atoms with Crippen LogP contribution in [0.4, 0.5) is 5.69 Å². The van der Waals surface area contributed by atoms with E-state index in [0.717, 1.165) is 11.3 Å². The van der Waals surface area contributed by atoms with Crippen molar-refractivity contribution < 1.29 is 14.7 Å². The molecular weight excluding hydrogens is 280 g/mol. The topological polar surface area (TPSA) is 69.6 Å². The number of aliphatic hydroxyl groups is 1. The fourth-order valence-electron chi connectivity index (χ4n) is 2.31. The average Bonchev–Trinajstić information content (AvgIpc) is 2.81. The second-order valence-corrected chi connectivity index (χ2v) is 5.29. The van der Waals surface area contributed by atoms with Gasteiger partial charge in [0, 0.05) is 30.2 Å². The summed E-state index contributed by atoms with van der Waals surface area (Å²) in [6.45, 7) is 2.35. The standard InChI is InChI=1S/C14H17ClN2O3/c1-9-2-3-11(15)7-12(9)17-8-10(6-13(17)19)14(20)16-4-5-18/h2-3,7,10,18H,4-6,8H2,1H3,(H,16,20). The molecule has 0 spiro atoms. The molecular formula is C14H17ClN2O3. The molecule has 1 atom stereocenters. The van der Waals surface area contributed by atoms with Crippen LogP contribution in [0.3, 0.4) is 0 Å². The number of nitrogens with zero attached hydrogens (tertiary/aromatic N) is 1. The summed E-state index contributed by atoms with van der Waals surface area (Å²) in [5.74, 6) is -0.665. The molecule has 2 rings (SSSR count). The molecule has 108 valence electrons. The lowest BCUT2D eigenvalue weighted by Gasteiger charge is -2.19. The Labute approximate surface area is 122 Å². The smallest absolute Gasteiger partial charge is 0.227 e. The minimum absolute atomic E-state index is 0.0838. The van der Waals surface area contributed by atoms with Crippen LogP contribution in [0.15, 0.2) is 18.2 Å². The third-order valence-corrected chi connectivity index (χ3v) is 3.60. The minimum atomic E-state index is -0.382. The quantitative estimate of drug-likeness (QED) is 0.874. The highest BCUT2D eigenvalue weighted by molar-refractivity contribution is 6.31. The molecule has 2 N–H and O–H groups in total. The summed E-state index contributed by atoms with van der Waals surface area (Å²) in [6, 6.07) is 5.36. The van der Waals surface area contributed by atoms with Crippen LogP contribution in [0.5, 0.6) is 0 Å². The van der Waals surface area contributed by atoms with Crippen molar-refractivity contribution in [2.24, 2.45) is 5.92 Å². The summed E-state index contributed by atoms with van der Waals surface area (Å²) in [7, 11) is 0. The minimum Gasteiger partial charge on any atom is -0.395 e. The van der Waals surface area contributed by atoms with Crippen LogP contribution in [0.25, 0.3) is 0 Å². The first kappa shape index (κ1) is 14.8. The molecule has 1 fully saturated rings. The fourth-order valence-corrected chi connectivity index (χ4v) is 2.48. The molecule has 1 heterocycles. The van der Waals surface area contributed by atoms with E-state index in [1.165, 1.54) is 0 Å². The number of amides is 2. The number of aryl methyl sites for hydroxylation is 1. The van der Waals surface area contributed by atoms with E-state index < -0.39 is 0 Å². The molecule has 1 aromatic rings.